The first-order valence-electron chi connectivity index (χ1n) is 8.92. The SMILES string of the molecule is [N-]=[N+]=NC(=O)Cc1cc(S(=O)(=O)O)c2ccc3c(S(=O)(=O)O)cc(S(=O)(=O)O)c4ccc1c2c43. The van der Waals surface area contributed by atoms with Crippen molar-refractivity contribution < 1.29 is 43.7 Å². The molecule has 3 N–H and O–H groups in total. The van der Waals surface area contributed by atoms with Crippen molar-refractivity contribution in [3.8, 4) is 0 Å². The molecule has 1 amide bonds. The molecule has 4 aromatic rings. The van der Waals surface area contributed by atoms with E-state index in [9.17, 15) is 43.7 Å². The van der Waals surface area contributed by atoms with Crippen molar-refractivity contribution >= 4 is 68.6 Å². The monoisotopic (exact) mass is 525 g/mol. The molecule has 0 heterocycles. The van der Waals surface area contributed by atoms with Gasteiger partial charge >= 0.3 is 0 Å². The van der Waals surface area contributed by atoms with Crippen LogP contribution >= 0.6 is 0 Å². The van der Waals surface area contributed by atoms with Crippen molar-refractivity contribution in [2.75, 3.05) is 0 Å². The van der Waals surface area contributed by atoms with Crippen molar-refractivity contribution in [3.63, 3.8) is 0 Å². The largest absolute Gasteiger partial charge is 0.295 e. The van der Waals surface area contributed by atoms with E-state index >= 15 is 0 Å². The van der Waals surface area contributed by atoms with Crippen molar-refractivity contribution in [3.05, 3.63) is 52.4 Å². The van der Waals surface area contributed by atoms with Crippen LogP contribution < -0.4 is 0 Å². The number of amides is 1. The zero-order chi connectivity index (χ0) is 25.2. The molecule has 16 heteroatoms. The van der Waals surface area contributed by atoms with Gasteiger partial charge < -0.3 is 0 Å². The maximum Gasteiger partial charge on any atom is 0.295 e. The van der Waals surface area contributed by atoms with Crippen LogP contribution in [0.15, 0.2) is 56.2 Å². The number of hydrogen-bond acceptors (Lipinski definition) is 7. The Kier molecular flexibility index (Phi) is 5.30. The van der Waals surface area contributed by atoms with E-state index in [-0.39, 0.29) is 37.9 Å². The molecular formula is C18H11N3O10S3. The van der Waals surface area contributed by atoms with Crippen LogP contribution in [0.2, 0.25) is 0 Å². The van der Waals surface area contributed by atoms with E-state index in [1.54, 1.807) is 0 Å². The van der Waals surface area contributed by atoms with Gasteiger partial charge in [0.25, 0.3) is 30.4 Å². The van der Waals surface area contributed by atoms with Crippen molar-refractivity contribution in [1.29, 1.82) is 0 Å². The fourth-order valence-corrected chi connectivity index (χ4v) is 6.25. The van der Waals surface area contributed by atoms with Gasteiger partial charge in [-0.3, -0.25) is 18.5 Å². The molecule has 0 aliphatic carbocycles. The van der Waals surface area contributed by atoms with E-state index in [2.05, 4.69) is 10.0 Å². The van der Waals surface area contributed by atoms with Crippen LogP contribution in [0.3, 0.4) is 0 Å². The highest BCUT2D eigenvalue weighted by Crippen LogP contribution is 2.43. The van der Waals surface area contributed by atoms with Crippen LogP contribution in [0.25, 0.3) is 42.8 Å². The van der Waals surface area contributed by atoms with Gasteiger partial charge in [0.1, 0.15) is 14.7 Å². The Morgan fingerprint density at radius 1 is 0.735 bits per heavy atom. The first-order valence-corrected chi connectivity index (χ1v) is 13.2. The Bertz CT molecular complexity index is 1870. The topological polar surface area (TPSA) is 229 Å². The molecule has 176 valence electrons. The zero-order valence-corrected chi connectivity index (χ0v) is 18.9. The first-order chi connectivity index (χ1) is 15.6. The number of hydrogen-bond donors (Lipinski definition) is 3. The van der Waals surface area contributed by atoms with E-state index in [0.717, 1.165) is 18.2 Å². The van der Waals surface area contributed by atoms with Gasteiger partial charge in [-0.1, -0.05) is 24.3 Å². The van der Waals surface area contributed by atoms with Gasteiger partial charge in [0.05, 0.1) is 0 Å². The Hall–Kier alpha value is -3.37. The van der Waals surface area contributed by atoms with Gasteiger partial charge in [0.2, 0.25) is 5.91 Å². The third kappa shape index (κ3) is 3.82. The van der Waals surface area contributed by atoms with Gasteiger partial charge in [0, 0.05) is 32.9 Å². The standard InChI is InChI=1S/C18H11N3O10S3/c19-21-20-16(22)6-8-5-13(32(23,24)25)10-3-4-12-15(34(29,30)31)7-14(33(26,27)28)11-2-1-9(8)17(10)18(11)12/h1-5,7H,6H2,(H,23,24,25)(H,26,27,28)(H,29,30,31). The second-order valence-corrected chi connectivity index (χ2v) is 11.3. The molecule has 0 fully saturated rings. The molecule has 4 rings (SSSR count). The predicted octanol–water partition coefficient (Wildman–Crippen LogP) is 2.70. The first kappa shape index (κ1) is 23.8. The summed E-state index contributed by atoms with van der Waals surface area (Å²) >= 11 is 0. The lowest BCUT2D eigenvalue weighted by Crippen LogP contribution is -2.08. The number of carbonyl (C=O) groups excluding carboxylic acids is 1. The van der Waals surface area contributed by atoms with Crippen LogP contribution in [-0.2, 0) is 41.6 Å². The summed E-state index contributed by atoms with van der Waals surface area (Å²) in [5.74, 6) is -1.00. The summed E-state index contributed by atoms with van der Waals surface area (Å²) in [7, 11) is -15.0. The summed E-state index contributed by atoms with van der Waals surface area (Å²) in [5.41, 5.74) is 8.44. The third-order valence-corrected chi connectivity index (χ3v) is 7.88. The molecule has 0 radical (unpaired) electrons. The molecule has 0 atom stereocenters. The van der Waals surface area contributed by atoms with Crippen LogP contribution in [-0.4, -0.2) is 44.8 Å². The van der Waals surface area contributed by atoms with Crippen LogP contribution in [0, 0.1) is 0 Å². The summed E-state index contributed by atoms with van der Waals surface area (Å²) in [6.07, 6.45) is -0.614. The van der Waals surface area contributed by atoms with E-state index in [1.165, 1.54) is 12.1 Å². The van der Waals surface area contributed by atoms with Crippen LogP contribution in [0.4, 0.5) is 0 Å². The second-order valence-electron chi connectivity index (χ2n) is 7.16. The Morgan fingerprint density at radius 2 is 1.12 bits per heavy atom. The summed E-state index contributed by atoms with van der Waals surface area (Å²) in [4.78, 5) is 11.8. The number of carbonyl (C=O) groups is 1. The minimum atomic E-state index is -5.04. The molecule has 0 aromatic heterocycles. The Labute approximate surface area is 190 Å². The second kappa shape index (κ2) is 7.57. The molecule has 0 saturated carbocycles. The number of azide groups is 1. The average Bonchev–Trinajstić information content (AvgIpc) is 2.70. The predicted molar refractivity (Wildman–Crippen MR) is 117 cm³/mol. The third-order valence-electron chi connectivity index (χ3n) is 5.20. The summed E-state index contributed by atoms with van der Waals surface area (Å²) in [5, 5.41) is 2.19. The molecule has 0 aliphatic heterocycles. The normalized spacial score (nSPS) is 12.9. The highest BCUT2D eigenvalue weighted by Gasteiger charge is 2.28. The molecule has 34 heavy (non-hydrogen) atoms. The zero-order valence-electron chi connectivity index (χ0n) is 16.4. The van der Waals surface area contributed by atoms with Crippen molar-refractivity contribution in [2.45, 2.75) is 21.1 Å². The minimum Gasteiger partial charge on any atom is -0.292 e. The van der Waals surface area contributed by atoms with E-state index in [4.69, 9.17) is 5.53 Å². The molecule has 0 unspecified atom stereocenters. The quantitative estimate of drug-likeness (QED) is 0.113. The van der Waals surface area contributed by atoms with Crippen molar-refractivity contribution in [1.82, 2.24) is 0 Å². The van der Waals surface area contributed by atoms with Gasteiger partial charge in [-0.15, -0.1) is 0 Å². The molecule has 0 aliphatic rings. The smallest absolute Gasteiger partial charge is 0.292 e. The van der Waals surface area contributed by atoms with Crippen LogP contribution in [0.1, 0.15) is 5.56 Å². The van der Waals surface area contributed by atoms with Gasteiger partial charge in [-0.05, 0) is 39.1 Å². The number of nitrogens with zero attached hydrogens (tertiary/aromatic N) is 3. The Balaban J connectivity index is 2.37. The van der Waals surface area contributed by atoms with Crippen molar-refractivity contribution in [2.24, 2.45) is 5.11 Å². The summed E-state index contributed by atoms with van der Waals surface area (Å²) in [6.45, 7) is 0. The molecule has 0 bridgehead atoms. The summed E-state index contributed by atoms with van der Waals surface area (Å²) < 4.78 is 101. The lowest BCUT2D eigenvalue weighted by Gasteiger charge is -2.18. The van der Waals surface area contributed by atoms with Gasteiger partial charge in [-0.2, -0.15) is 25.3 Å². The number of rotatable bonds is 5. The molecule has 0 saturated heterocycles. The fourth-order valence-electron chi connectivity index (χ4n) is 4.00. The van der Waals surface area contributed by atoms with Gasteiger partial charge in [-0.25, -0.2) is 0 Å². The lowest BCUT2D eigenvalue weighted by molar-refractivity contribution is -0.117. The number of benzene rings is 4. The van der Waals surface area contributed by atoms with Gasteiger partial charge in [0.15, 0.2) is 0 Å². The Morgan fingerprint density at radius 3 is 1.53 bits per heavy atom. The van der Waals surface area contributed by atoms with Crippen LogP contribution in [0.5, 0.6) is 0 Å². The highest BCUT2D eigenvalue weighted by atomic mass is 32.2. The lowest BCUT2D eigenvalue weighted by atomic mass is 9.91. The highest BCUT2D eigenvalue weighted by molar-refractivity contribution is 7.87. The minimum absolute atomic E-state index is 0.0439. The van der Waals surface area contributed by atoms with E-state index in [1.807, 2.05) is 0 Å². The average molecular weight is 525 g/mol. The summed E-state index contributed by atoms with van der Waals surface area (Å²) in [6, 6.07) is 6.24. The fraction of sp³-hybridized carbons (Fsp3) is 0.0556. The molecule has 13 nitrogen and oxygen atoms in total. The maximum absolute atomic E-state index is 12.1. The van der Waals surface area contributed by atoms with E-state index in [0.29, 0.717) is 6.07 Å². The maximum atomic E-state index is 12.1. The molecule has 4 aromatic carbocycles. The molecule has 0 spiro atoms. The molecular weight excluding hydrogens is 514 g/mol. The van der Waals surface area contributed by atoms with E-state index < -0.39 is 57.4 Å².